The van der Waals surface area contributed by atoms with Crippen molar-refractivity contribution in [1.29, 1.82) is 0 Å². The molecule has 1 aliphatic rings. The van der Waals surface area contributed by atoms with Gasteiger partial charge >= 0.3 is 0 Å². The highest BCUT2D eigenvalue weighted by Crippen LogP contribution is 2.27. The van der Waals surface area contributed by atoms with Crippen molar-refractivity contribution in [3.63, 3.8) is 0 Å². The maximum absolute atomic E-state index is 12.2. The lowest BCUT2D eigenvalue weighted by Crippen LogP contribution is -2.39. The number of hydrogen-bond donors (Lipinski definition) is 1. The van der Waals surface area contributed by atoms with Crippen LogP contribution in [0.3, 0.4) is 0 Å². The number of ether oxygens (including phenoxy) is 3. The molecule has 0 bridgehead atoms. The summed E-state index contributed by atoms with van der Waals surface area (Å²) < 4.78 is 16.0. The van der Waals surface area contributed by atoms with Gasteiger partial charge in [-0.15, -0.1) is 0 Å². The van der Waals surface area contributed by atoms with Crippen LogP contribution in [0.2, 0.25) is 0 Å². The van der Waals surface area contributed by atoms with Crippen LogP contribution in [0.1, 0.15) is 11.1 Å². The second-order valence-electron chi connectivity index (χ2n) is 6.43. The van der Waals surface area contributed by atoms with Gasteiger partial charge in [0.05, 0.1) is 20.6 Å². The predicted octanol–water partition coefficient (Wildman–Crippen LogP) is 1.78. The summed E-state index contributed by atoms with van der Waals surface area (Å²) in [7, 11) is 3.12. The molecule has 2 aromatic rings. The third-order valence-corrected chi connectivity index (χ3v) is 4.55. The van der Waals surface area contributed by atoms with Gasteiger partial charge in [0.2, 0.25) is 5.91 Å². The Balaban J connectivity index is 1.52. The van der Waals surface area contributed by atoms with Crippen molar-refractivity contribution >= 4 is 11.8 Å². The topological polar surface area (TPSA) is 77.1 Å². The van der Waals surface area contributed by atoms with Gasteiger partial charge in [-0.1, -0.05) is 24.3 Å². The maximum Gasteiger partial charge on any atom is 0.260 e. The van der Waals surface area contributed by atoms with Crippen molar-refractivity contribution in [1.82, 2.24) is 10.2 Å². The minimum Gasteiger partial charge on any atom is -0.493 e. The molecule has 7 heteroatoms. The van der Waals surface area contributed by atoms with Crippen molar-refractivity contribution in [2.75, 3.05) is 33.9 Å². The molecule has 0 saturated heterocycles. The Bertz CT molecular complexity index is 852. The zero-order chi connectivity index (χ0) is 19.9. The highest BCUT2D eigenvalue weighted by atomic mass is 16.5. The lowest BCUT2D eigenvalue weighted by atomic mass is 10.1. The van der Waals surface area contributed by atoms with E-state index >= 15 is 0 Å². The first kappa shape index (κ1) is 19.5. The molecule has 0 aromatic heterocycles. The van der Waals surface area contributed by atoms with E-state index in [9.17, 15) is 9.59 Å². The third kappa shape index (κ3) is 4.73. The molecule has 7 nitrogen and oxygen atoms in total. The molecule has 1 aliphatic heterocycles. The molecule has 0 saturated carbocycles. The number of nitrogens with one attached hydrogen (secondary N) is 1. The summed E-state index contributed by atoms with van der Waals surface area (Å²) in [6.45, 7) is 1.28. The number of nitrogens with zero attached hydrogens (tertiary/aromatic N) is 1. The van der Waals surface area contributed by atoms with E-state index in [0.717, 1.165) is 16.9 Å². The van der Waals surface area contributed by atoms with E-state index in [1.54, 1.807) is 31.3 Å². The zero-order valence-electron chi connectivity index (χ0n) is 16.1. The molecule has 3 rings (SSSR count). The summed E-state index contributed by atoms with van der Waals surface area (Å²) in [6.07, 6.45) is 0.222. The number of rotatable bonds is 7. The normalized spacial score (nSPS) is 13.2. The lowest BCUT2D eigenvalue weighted by Gasteiger charge is -2.20. The summed E-state index contributed by atoms with van der Waals surface area (Å²) >= 11 is 0. The van der Waals surface area contributed by atoms with E-state index in [0.29, 0.717) is 31.1 Å². The molecular formula is C21H24N2O5. The van der Waals surface area contributed by atoms with Gasteiger partial charge in [-0.05, 0) is 23.8 Å². The van der Waals surface area contributed by atoms with Gasteiger partial charge in [0.15, 0.2) is 18.1 Å². The fourth-order valence-electron chi connectivity index (χ4n) is 3.07. The van der Waals surface area contributed by atoms with Crippen LogP contribution in [0.15, 0.2) is 42.5 Å². The Kier molecular flexibility index (Phi) is 6.37. The van der Waals surface area contributed by atoms with Crippen molar-refractivity contribution in [2.24, 2.45) is 0 Å². The number of fused-ring (bicyclic) bond motifs is 1. The van der Waals surface area contributed by atoms with E-state index in [1.165, 1.54) is 0 Å². The molecule has 0 atom stereocenters. The van der Waals surface area contributed by atoms with Crippen LogP contribution < -0.4 is 19.5 Å². The Hall–Kier alpha value is -3.22. The third-order valence-electron chi connectivity index (χ3n) is 4.55. The van der Waals surface area contributed by atoms with Gasteiger partial charge in [-0.3, -0.25) is 9.59 Å². The van der Waals surface area contributed by atoms with Gasteiger partial charge < -0.3 is 24.4 Å². The minimum atomic E-state index is -0.119. The fraction of sp³-hybridized carbons (Fsp3) is 0.333. The first-order valence-electron chi connectivity index (χ1n) is 9.07. The standard InChI is InChI=1S/C21H24N2O5/c1-26-18-8-7-15(11-19(18)27-2)12-20(24)22-9-10-23-13-16-5-3-4-6-17(16)28-14-21(23)25/h3-8,11H,9-10,12-14H2,1-2H3,(H,22,24). The predicted molar refractivity (Wildman–Crippen MR) is 104 cm³/mol. The molecule has 1 heterocycles. The fourth-order valence-corrected chi connectivity index (χ4v) is 3.07. The molecule has 0 aliphatic carbocycles. The monoisotopic (exact) mass is 384 g/mol. The molecule has 1 N–H and O–H groups in total. The average Bonchev–Trinajstić information content (AvgIpc) is 2.87. The van der Waals surface area contributed by atoms with E-state index < -0.39 is 0 Å². The summed E-state index contributed by atoms with van der Waals surface area (Å²) in [5.41, 5.74) is 1.79. The number of carbonyl (C=O) groups excluding carboxylic acids is 2. The number of hydrogen-bond acceptors (Lipinski definition) is 5. The van der Waals surface area contributed by atoms with Gasteiger partial charge in [0.1, 0.15) is 5.75 Å². The molecule has 0 radical (unpaired) electrons. The summed E-state index contributed by atoms with van der Waals surface area (Å²) in [5.74, 6) is 1.72. The first-order valence-corrected chi connectivity index (χ1v) is 9.07. The van der Waals surface area contributed by atoms with Gasteiger partial charge in [0.25, 0.3) is 5.91 Å². The molecule has 148 valence electrons. The largest absolute Gasteiger partial charge is 0.493 e. The highest BCUT2D eigenvalue weighted by molar-refractivity contribution is 5.80. The molecule has 28 heavy (non-hydrogen) atoms. The van der Waals surface area contributed by atoms with Crippen LogP contribution in [0.5, 0.6) is 17.2 Å². The van der Waals surface area contributed by atoms with Crippen LogP contribution in [0.25, 0.3) is 0 Å². The summed E-state index contributed by atoms with van der Waals surface area (Å²) in [6, 6.07) is 13.0. The Labute approximate surface area is 164 Å². The van der Waals surface area contributed by atoms with Crippen molar-refractivity contribution in [3.05, 3.63) is 53.6 Å². The lowest BCUT2D eigenvalue weighted by molar-refractivity contribution is -0.133. The summed E-state index contributed by atoms with van der Waals surface area (Å²) in [4.78, 5) is 26.2. The van der Waals surface area contributed by atoms with Crippen molar-refractivity contribution in [3.8, 4) is 17.2 Å². The van der Waals surface area contributed by atoms with Crippen LogP contribution in [0, 0.1) is 0 Å². The number of methoxy groups -OCH3 is 2. The zero-order valence-corrected chi connectivity index (χ0v) is 16.1. The van der Waals surface area contributed by atoms with Crippen LogP contribution >= 0.6 is 0 Å². The van der Waals surface area contributed by atoms with E-state index in [-0.39, 0.29) is 24.8 Å². The number of carbonyl (C=O) groups is 2. The Morgan fingerprint density at radius 3 is 2.71 bits per heavy atom. The number of benzene rings is 2. The molecule has 2 amide bonds. The number of amides is 2. The highest BCUT2D eigenvalue weighted by Gasteiger charge is 2.21. The average molecular weight is 384 g/mol. The van der Waals surface area contributed by atoms with Crippen LogP contribution in [-0.4, -0.2) is 50.6 Å². The van der Waals surface area contributed by atoms with Gasteiger partial charge in [-0.2, -0.15) is 0 Å². The van der Waals surface area contributed by atoms with Crippen LogP contribution in [-0.2, 0) is 22.6 Å². The van der Waals surface area contributed by atoms with Gasteiger partial charge in [0, 0.05) is 25.2 Å². The van der Waals surface area contributed by atoms with Crippen molar-refractivity contribution in [2.45, 2.75) is 13.0 Å². The molecule has 0 fully saturated rings. The molecule has 2 aromatic carbocycles. The maximum atomic E-state index is 12.2. The van der Waals surface area contributed by atoms with E-state index in [4.69, 9.17) is 14.2 Å². The molecule has 0 spiro atoms. The molecule has 0 unspecified atom stereocenters. The summed E-state index contributed by atoms with van der Waals surface area (Å²) in [5, 5.41) is 2.86. The molecular weight excluding hydrogens is 360 g/mol. The SMILES string of the molecule is COc1ccc(CC(=O)NCCN2Cc3ccccc3OCC2=O)cc1OC. The van der Waals surface area contributed by atoms with Crippen molar-refractivity contribution < 1.29 is 23.8 Å². The second kappa shape index (κ2) is 9.12. The quantitative estimate of drug-likeness (QED) is 0.788. The van der Waals surface area contributed by atoms with E-state index in [2.05, 4.69) is 5.32 Å². The van der Waals surface area contributed by atoms with Gasteiger partial charge in [-0.25, -0.2) is 0 Å². The smallest absolute Gasteiger partial charge is 0.260 e. The Morgan fingerprint density at radius 1 is 1.14 bits per heavy atom. The minimum absolute atomic E-state index is 0.0105. The second-order valence-corrected chi connectivity index (χ2v) is 6.43. The van der Waals surface area contributed by atoms with Crippen LogP contribution in [0.4, 0.5) is 0 Å². The Morgan fingerprint density at radius 2 is 1.93 bits per heavy atom. The first-order chi connectivity index (χ1) is 13.6. The van der Waals surface area contributed by atoms with E-state index in [1.807, 2.05) is 30.3 Å². The number of para-hydroxylation sites is 1.